The first-order valence-corrected chi connectivity index (χ1v) is 26.2. The molecule has 0 aliphatic carbocycles. The van der Waals surface area contributed by atoms with Crippen LogP contribution >= 0.6 is 0 Å². The van der Waals surface area contributed by atoms with Crippen LogP contribution in [-0.2, 0) is 33.2 Å². The Labute approximate surface area is 404 Å². The minimum absolute atomic E-state index is 0.317. The van der Waals surface area contributed by atoms with Crippen molar-refractivity contribution in [1.29, 1.82) is 0 Å². The third kappa shape index (κ3) is 21.1. The zero-order valence-corrected chi connectivity index (χ0v) is 41.1. The molecule has 17 atom stereocenters. The summed E-state index contributed by atoms with van der Waals surface area (Å²) in [4.78, 5) is 12.1. The summed E-state index contributed by atoms with van der Waals surface area (Å²) in [7, 11) is 0. The Kier molecular flexibility index (Phi) is 31.5. The zero-order valence-electron chi connectivity index (χ0n) is 41.1. The van der Waals surface area contributed by atoms with Crippen LogP contribution in [0.25, 0.3) is 0 Å². The number of hydrogen-bond donors (Lipinski definition) is 12. The molecule has 0 aromatic rings. The third-order valence-corrected chi connectivity index (χ3v) is 13.7. The Morgan fingerprint density at radius 2 is 0.809 bits per heavy atom. The lowest BCUT2D eigenvalue weighted by molar-refractivity contribution is -0.379. The molecule has 3 fully saturated rings. The van der Waals surface area contributed by atoms with Crippen LogP contribution in [0, 0.1) is 0 Å². The molecule has 12 N–H and O–H groups in total. The molecule has 0 spiro atoms. The van der Waals surface area contributed by atoms with Gasteiger partial charge >= 0.3 is 0 Å². The topological polar surface area (TPSA) is 307 Å². The second-order valence-corrected chi connectivity index (χ2v) is 19.4. The maximum absolute atomic E-state index is 12.1. The Hall–Kier alpha value is -1.21. The van der Waals surface area contributed by atoms with Gasteiger partial charge in [0.1, 0.15) is 73.2 Å². The summed E-state index contributed by atoms with van der Waals surface area (Å²) < 4.78 is 33.7. The van der Waals surface area contributed by atoms with Crippen molar-refractivity contribution in [2.75, 3.05) is 26.4 Å². The van der Waals surface area contributed by atoms with Crippen LogP contribution in [0.15, 0.2) is 0 Å². The van der Waals surface area contributed by atoms with E-state index < -0.39 is 130 Å². The van der Waals surface area contributed by atoms with Gasteiger partial charge in [0, 0.05) is 6.92 Å². The average molecular weight is 984 g/mol. The summed E-state index contributed by atoms with van der Waals surface area (Å²) in [6.07, 6.45) is 4.86. The predicted octanol–water partition coefficient (Wildman–Crippen LogP) is 2.09. The van der Waals surface area contributed by atoms with Gasteiger partial charge in [-0.25, -0.2) is 0 Å². The van der Waals surface area contributed by atoms with Crippen molar-refractivity contribution in [1.82, 2.24) is 5.32 Å². The number of carbonyl (C=O) groups is 1. The first kappa shape index (κ1) is 61.1. The van der Waals surface area contributed by atoms with E-state index in [2.05, 4.69) is 12.2 Å². The van der Waals surface area contributed by atoms with Gasteiger partial charge in [0.2, 0.25) is 5.91 Å². The van der Waals surface area contributed by atoms with Crippen molar-refractivity contribution in [2.24, 2.45) is 0 Å². The summed E-state index contributed by atoms with van der Waals surface area (Å²) in [5.74, 6) is -0.417. The molecule has 68 heavy (non-hydrogen) atoms. The second kappa shape index (κ2) is 35.0. The van der Waals surface area contributed by atoms with Crippen molar-refractivity contribution in [2.45, 2.75) is 279 Å². The van der Waals surface area contributed by atoms with Gasteiger partial charge in [0.05, 0.1) is 38.6 Å². The lowest BCUT2D eigenvalue weighted by Crippen LogP contribution is -2.66. The first-order chi connectivity index (χ1) is 32.8. The number of ether oxygens (including phenoxy) is 6. The molecule has 0 bridgehead atoms. The number of hydrogen-bond acceptors (Lipinski definition) is 18. The fraction of sp³-hybridized carbons (Fsp3) is 0.980. The maximum atomic E-state index is 12.1. The van der Waals surface area contributed by atoms with Crippen LogP contribution in [0.1, 0.15) is 174 Å². The lowest BCUT2D eigenvalue weighted by Gasteiger charge is -2.48. The van der Waals surface area contributed by atoms with E-state index in [1.54, 1.807) is 0 Å². The molecule has 1 amide bonds. The highest BCUT2D eigenvalue weighted by molar-refractivity contribution is 5.73. The Morgan fingerprint density at radius 1 is 0.471 bits per heavy atom. The van der Waals surface area contributed by atoms with Gasteiger partial charge in [-0.3, -0.25) is 4.79 Å². The fourth-order valence-electron chi connectivity index (χ4n) is 9.41. The van der Waals surface area contributed by atoms with Crippen LogP contribution in [-0.4, -0.2) is 193 Å². The van der Waals surface area contributed by atoms with Gasteiger partial charge < -0.3 is 89.9 Å². The SMILES string of the molecule is CCCCCCCCCCCCCCCCCCCCCCCCCCC(O)C(COC1OC(CO)C(OC2OC(CO)C(OC3OC(CO)C(O)C(O)C3O)C(O)C2O)C(O)C1O)NC(C)=O. The van der Waals surface area contributed by atoms with Crippen molar-refractivity contribution >= 4 is 5.91 Å². The standard InChI is InChI=1S/C49H93NO18/c1-3-4-5-6-7-8-9-10-11-12-13-14-15-16-17-18-19-20-21-22-23-24-25-26-27-34(55)33(50-32(2)54)31-63-47-43(61)40(58)45(36(29-52)65-47)68-49-44(62)41(59)46(37(30-53)66-49)67-48-42(60)39(57)38(56)35(28-51)64-48/h33-49,51-53,55-62H,3-31H2,1-2H3,(H,50,54). The Morgan fingerprint density at radius 3 is 1.19 bits per heavy atom. The quantitative estimate of drug-likeness (QED) is 0.0397. The van der Waals surface area contributed by atoms with Crippen molar-refractivity contribution in [3.8, 4) is 0 Å². The van der Waals surface area contributed by atoms with Crippen molar-refractivity contribution in [3.05, 3.63) is 0 Å². The number of unbranched alkanes of at least 4 members (excludes halogenated alkanes) is 23. The zero-order chi connectivity index (χ0) is 49.8. The molecule has 17 unspecified atom stereocenters. The molecule has 0 aromatic heterocycles. The number of rotatable bonds is 37. The van der Waals surface area contributed by atoms with E-state index in [0.29, 0.717) is 6.42 Å². The number of aliphatic hydroxyl groups excluding tert-OH is 11. The van der Waals surface area contributed by atoms with E-state index in [1.807, 2.05) is 0 Å². The highest BCUT2D eigenvalue weighted by Crippen LogP contribution is 2.33. The molecule has 3 rings (SSSR count). The van der Waals surface area contributed by atoms with Gasteiger partial charge in [-0.2, -0.15) is 0 Å². The summed E-state index contributed by atoms with van der Waals surface area (Å²) in [6, 6.07) is -0.882. The molecular weight excluding hydrogens is 891 g/mol. The van der Waals surface area contributed by atoms with E-state index in [1.165, 1.54) is 135 Å². The summed E-state index contributed by atoms with van der Waals surface area (Å²) in [5, 5.41) is 118. The monoisotopic (exact) mass is 984 g/mol. The van der Waals surface area contributed by atoms with E-state index in [4.69, 9.17) is 28.4 Å². The van der Waals surface area contributed by atoms with Crippen molar-refractivity contribution < 1.29 is 89.4 Å². The summed E-state index contributed by atoms with van der Waals surface area (Å²) >= 11 is 0. The number of aliphatic hydroxyl groups is 11. The van der Waals surface area contributed by atoms with Crippen LogP contribution in [0.2, 0.25) is 0 Å². The fourth-order valence-corrected chi connectivity index (χ4v) is 9.41. The second-order valence-electron chi connectivity index (χ2n) is 19.4. The highest BCUT2D eigenvalue weighted by atomic mass is 16.8. The Balaban J connectivity index is 1.30. The molecule has 0 aromatic carbocycles. The minimum Gasteiger partial charge on any atom is -0.394 e. The number of carbonyl (C=O) groups excluding carboxylic acids is 1. The molecule has 19 heteroatoms. The van der Waals surface area contributed by atoms with Gasteiger partial charge in [0.15, 0.2) is 18.9 Å². The molecule has 3 saturated heterocycles. The molecule has 0 radical (unpaired) electrons. The van der Waals surface area contributed by atoms with Crippen LogP contribution in [0.3, 0.4) is 0 Å². The van der Waals surface area contributed by atoms with Crippen LogP contribution < -0.4 is 5.32 Å². The Bertz CT molecular complexity index is 1270. The molecule has 3 aliphatic heterocycles. The van der Waals surface area contributed by atoms with Gasteiger partial charge in [0.25, 0.3) is 0 Å². The lowest BCUT2D eigenvalue weighted by atomic mass is 9.96. The summed E-state index contributed by atoms with van der Waals surface area (Å²) in [5.41, 5.74) is 0. The average Bonchev–Trinajstić information content (AvgIpc) is 3.33. The number of nitrogens with one attached hydrogen (secondary N) is 1. The largest absolute Gasteiger partial charge is 0.394 e. The highest BCUT2D eigenvalue weighted by Gasteiger charge is 2.53. The van der Waals surface area contributed by atoms with Crippen molar-refractivity contribution in [3.63, 3.8) is 0 Å². The van der Waals surface area contributed by atoms with Crippen LogP contribution in [0.4, 0.5) is 0 Å². The smallest absolute Gasteiger partial charge is 0.217 e. The maximum Gasteiger partial charge on any atom is 0.217 e. The van der Waals surface area contributed by atoms with Crippen LogP contribution in [0.5, 0.6) is 0 Å². The summed E-state index contributed by atoms with van der Waals surface area (Å²) in [6.45, 7) is 0.851. The van der Waals surface area contributed by atoms with E-state index in [-0.39, 0.29) is 6.61 Å². The normalized spacial score (nSPS) is 33.1. The molecule has 3 aliphatic rings. The van der Waals surface area contributed by atoms with E-state index in [0.717, 1.165) is 25.7 Å². The third-order valence-electron chi connectivity index (χ3n) is 13.7. The molecule has 0 saturated carbocycles. The van der Waals surface area contributed by atoms with E-state index >= 15 is 0 Å². The molecule has 3 heterocycles. The predicted molar refractivity (Wildman–Crippen MR) is 250 cm³/mol. The molecule has 19 nitrogen and oxygen atoms in total. The molecule has 402 valence electrons. The van der Waals surface area contributed by atoms with E-state index in [9.17, 15) is 61.0 Å². The van der Waals surface area contributed by atoms with Gasteiger partial charge in [-0.15, -0.1) is 0 Å². The first-order valence-electron chi connectivity index (χ1n) is 26.2. The minimum atomic E-state index is -1.96. The molecular formula is C49H93NO18. The van der Waals surface area contributed by atoms with Gasteiger partial charge in [-0.1, -0.05) is 161 Å². The van der Waals surface area contributed by atoms with Gasteiger partial charge in [-0.05, 0) is 6.42 Å². The number of amides is 1.